The van der Waals surface area contributed by atoms with Gasteiger partial charge in [-0.3, -0.25) is 4.79 Å². The SMILES string of the molecule is CO[Si](C)(CC1CCC(C(=O)O)CC1)OC. The summed E-state index contributed by atoms with van der Waals surface area (Å²) in [7, 11) is 1.43. The molecular formula is C11H22O4Si. The van der Waals surface area contributed by atoms with Crippen molar-refractivity contribution in [2.75, 3.05) is 14.2 Å². The van der Waals surface area contributed by atoms with Crippen LogP contribution in [0.2, 0.25) is 12.6 Å². The van der Waals surface area contributed by atoms with Gasteiger partial charge >= 0.3 is 14.5 Å². The first-order valence-electron chi connectivity index (χ1n) is 5.84. The third-order valence-corrected chi connectivity index (χ3v) is 6.77. The number of hydrogen-bond donors (Lipinski definition) is 1. The molecule has 0 radical (unpaired) electrons. The van der Waals surface area contributed by atoms with Crippen LogP contribution in [0, 0.1) is 11.8 Å². The molecule has 1 aliphatic carbocycles. The van der Waals surface area contributed by atoms with Crippen LogP contribution in [0.3, 0.4) is 0 Å². The Morgan fingerprint density at radius 2 is 1.75 bits per heavy atom. The fraction of sp³-hybridized carbons (Fsp3) is 0.909. The molecule has 1 rings (SSSR count). The maximum atomic E-state index is 10.8. The molecule has 4 nitrogen and oxygen atoms in total. The summed E-state index contributed by atoms with van der Waals surface area (Å²) in [5.41, 5.74) is 0. The number of aliphatic carboxylic acids is 1. The summed E-state index contributed by atoms with van der Waals surface area (Å²) in [6, 6.07) is 0.979. The van der Waals surface area contributed by atoms with Crippen LogP contribution >= 0.6 is 0 Å². The van der Waals surface area contributed by atoms with Gasteiger partial charge in [0.05, 0.1) is 5.92 Å². The molecule has 1 fully saturated rings. The minimum Gasteiger partial charge on any atom is -0.481 e. The molecule has 0 aromatic heterocycles. The lowest BCUT2D eigenvalue weighted by atomic mass is 9.83. The summed E-state index contributed by atoms with van der Waals surface area (Å²) in [4.78, 5) is 10.8. The number of carboxylic acids is 1. The van der Waals surface area contributed by atoms with Gasteiger partial charge in [-0.25, -0.2) is 0 Å². The molecule has 0 unspecified atom stereocenters. The van der Waals surface area contributed by atoms with Gasteiger partial charge in [0.25, 0.3) is 0 Å². The van der Waals surface area contributed by atoms with Crippen molar-refractivity contribution in [3.05, 3.63) is 0 Å². The summed E-state index contributed by atoms with van der Waals surface area (Å²) in [5, 5.41) is 8.91. The fourth-order valence-electron chi connectivity index (χ4n) is 2.39. The molecule has 0 amide bonds. The normalized spacial score (nSPS) is 26.7. The summed E-state index contributed by atoms with van der Waals surface area (Å²) >= 11 is 0. The monoisotopic (exact) mass is 246 g/mol. The Kier molecular flexibility index (Phi) is 4.95. The Labute approximate surface area is 98.2 Å². The van der Waals surface area contributed by atoms with Crippen LogP contribution in [0.15, 0.2) is 0 Å². The summed E-state index contributed by atoms with van der Waals surface area (Å²) in [5.74, 6) is -0.196. The van der Waals surface area contributed by atoms with Gasteiger partial charge in [0.15, 0.2) is 0 Å². The first-order valence-corrected chi connectivity index (χ1v) is 8.36. The minimum atomic E-state index is -1.98. The lowest BCUT2D eigenvalue weighted by Crippen LogP contribution is -2.39. The highest BCUT2D eigenvalue weighted by atomic mass is 28.4. The molecule has 0 aromatic rings. The zero-order valence-electron chi connectivity index (χ0n) is 10.4. The molecule has 5 heteroatoms. The van der Waals surface area contributed by atoms with E-state index in [0.29, 0.717) is 5.92 Å². The quantitative estimate of drug-likeness (QED) is 0.756. The van der Waals surface area contributed by atoms with Gasteiger partial charge in [0, 0.05) is 14.2 Å². The fourth-order valence-corrected chi connectivity index (χ4v) is 4.34. The van der Waals surface area contributed by atoms with Crippen molar-refractivity contribution < 1.29 is 18.8 Å². The Hall–Kier alpha value is -0.393. The predicted octanol–water partition coefficient (Wildman–Crippen LogP) is 2.24. The van der Waals surface area contributed by atoms with Gasteiger partial charge in [-0.2, -0.15) is 0 Å². The van der Waals surface area contributed by atoms with Crippen LogP contribution < -0.4 is 0 Å². The molecule has 94 valence electrons. The molecular weight excluding hydrogens is 224 g/mol. The van der Waals surface area contributed by atoms with Gasteiger partial charge in [0.1, 0.15) is 0 Å². The third kappa shape index (κ3) is 3.57. The van der Waals surface area contributed by atoms with Crippen molar-refractivity contribution in [3.8, 4) is 0 Å². The molecule has 0 atom stereocenters. The van der Waals surface area contributed by atoms with Gasteiger partial charge in [-0.15, -0.1) is 0 Å². The second-order valence-electron chi connectivity index (χ2n) is 4.80. The highest BCUT2D eigenvalue weighted by Gasteiger charge is 2.35. The maximum Gasteiger partial charge on any atom is 0.334 e. The van der Waals surface area contributed by atoms with Gasteiger partial charge < -0.3 is 14.0 Å². The van der Waals surface area contributed by atoms with Crippen LogP contribution in [-0.2, 0) is 13.6 Å². The molecule has 1 N–H and O–H groups in total. The number of rotatable bonds is 5. The van der Waals surface area contributed by atoms with E-state index in [9.17, 15) is 4.79 Å². The number of hydrogen-bond acceptors (Lipinski definition) is 3. The van der Waals surface area contributed by atoms with E-state index in [-0.39, 0.29) is 5.92 Å². The van der Waals surface area contributed by atoms with Crippen LogP contribution in [0.4, 0.5) is 0 Å². The highest BCUT2D eigenvalue weighted by Crippen LogP contribution is 2.34. The van der Waals surface area contributed by atoms with Crippen molar-refractivity contribution >= 4 is 14.5 Å². The van der Waals surface area contributed by atoms with Gasteiger partial charge in [-0.05, 0) is 44.2 Å². The van der Waals surface area contributed by atoms with Crippen LogP contribution in [0.5, 0.6) is 0 Å². The number of carboxylic acid groups (broad SMARTS) is 1. The minimum absolute atomic E-state index is 0.130. The summed E-state index contributed by atoms with van der Waals surface area (Å²) in [6.07, 6.45) is 3.59. The topological polar surface area (TPSA) is 55.8 Å². The zero-order valence-corrected chi connectivity index (χ0v) is 11.4. The van der Waals surface area contributed by atoms with E-state index < -0.39 is 14.5 Å². The van der Waals surface area contributed by atoms with E-state index >= 15 is 0 Å². The highest BCUT2D eigenvalue weighted by molar-refractivity contribution is 6.66. The van der Waals surface area contributed by atoms with E-state index in [4.69, 9.17) is 14.0 Å². The predicted molar refractivity (Wildman–Crippen MR) is 63.5 cm³/mol. The summed E-state index contributed by atoms with van der Waals surface area (Å²) in [6.45, 7) is 2.07. The Morgan fingerprint density at radius 3 is 2.12 bits per heavy atom. The average molecular weight is 246 g/mol. The van der Waals surface area contributed by atoms with Crippen molar-refractivity contribution in [1.82, 2.24) is 0 Å². The molecule has 0 aliphatic heterocycles. The zero-order chi connectivity index (χ0) is 12.2. The lowest BCUT2D eigenvalue weighted by molar-refractivity contribution is -0.143. The van der Waals surface area contributed by atoms with Gasteiger partial charge in [-0.1, -0.05) is 0 Å². The van der Waals surface area contributed by atoms with Crippen LogP contribution in [0.25, 0.3) is 0 Å². The molecule has 0 aromatic carbocycles. The first-order chi connectivity index (χ1) is 7.50. The van der Waals surface area contributed by atoms with E-state index in [1.165, 1.54) is 0 Å². The summed E-state index contributed by atoms with van der Waals surface area (Å²) < 4.78 is 10.9. The smallest absolute Gasteiger partial charge is 0.334 e. The lowest BCUT2D eigenvalue weighted by Gasteiger charge is -2.31. The third-order valence-electron chi connectivity index (χ3n) is 3.72. The van der Waals surface area contributed by atoms with Crippen molar-refractivity contribution in [2.45, 2.75) is 38.3 Å². The van der Waals surface area contributed by atoms with Crippen LogP contribution in [0.1, 0.15) is 25.7 Å². The first kappa shape index (κ1) is 13.7. The molecule has 0 saturated heterocycles. The Bertz CT molecular complexity index is 232. The molecule has 1 saturated carbocycles. The maximum absolute atomic E-state index is 10.8. The molecule has 1 aliphatic rings. The van der Waals surface area contributed by atoms with Crippen molar-refractivity contribution in [3.63, 3.8) is 0 Å². The average Bonchev–Trinajstić information content (AvgIpc) is 2.29. The van der Waals surface area contributed by atoms with E-state index in [0.717, 1.165) is 31.7 Å². The van der Waals surface area contributed by atoms with Crippen molar-refractivity contribution in [1.29, 1.82) is 0 Å². The molecule has 0 spiro atoms. The van der Waals surface area contributed by atoms with E-state index in [1.54, 1.807) is 14.2 Å². The second kappa shape index (κ2) is 5.79. The molecule has 16 heavy (non-hydrogen) atoms. The number of carbonyl (C=O) groups is 1. The van der Waals surface area contributed by atoms with E-state index in [1.807, 2.05) is 0 Å². The molecule has 0 bridgehead atoms. The van der Waals surface area contributed by atoms with E-state index in [2.05, 4.69) is 6.55 Å². The standard InChI is InChI=1S/C11H22O4Si/c1-14-16(3,15-2)8-9-4-6-10(7-5-9)11(12)13/h9-10H,4-8H2,1-3H3,(H,12,13). The Morgan fingerprint density at radius 1 is 1.25 bits per heavy atom. The molecule has 0 heterocycles. The largest absolute Gasteiger partial charge is 0.481 e. The Balaban J connectivity index is 2.40. The second-order valence-corrected chi connectivity index (χ2v) is 8.29. The van der Waals surface area contributed by atoms with Gasteiger partial charge in [0.2, 0.25) is 0 Å². The van der Waals surface area contributed by atoms with Crippen LogP contribution in [-0.4, -0.2) is 33.9 Å². The van der Waals surface area contributed by atoms with Crippen molar-refractivity contribution in [2.24, 2.45) is 11.8 Å².